The molecule has 1 aromatic carbocycles. The van der Waals surface area contributed by atoms with Crippen molar-refractivity contribution >= 4 is 21.1 Å². The average Bonchev–Trinajstić information content (AvgIpc) is 2.74. The number of fused-ring (bicyclic) bond motifs is 1. The minimum Gasteiger partial charge on any atom is -0.295 e. The van der Waals surface area contributed by atoms with Gasteiger partial charge in [-0.15, -0.1) is 0 Å². The molecule has 0 unspecified atom stereocenters. The third kappa shape index (κ3) is 2.95. The van der Waals surface area contributed by atoms with Gasteiger partial charge >= 0.3 is 5.69 Å². The maximum atomic E-state index is 12.6. The lowest BCUT2D eigenvalue weighted by atomic mass is 9.88. The topological polar surface area (TPSA) is 73.1 Å². The summed E-state index contributed by atoms with van der Waals surface area (Å²) in [7, 11) is -0.233. The lowest BCUT2D eigenvalue weighted by Crippen LogP contribution is -2.37. The van der Waals surface area contributed by atoms with Crippen molar-refractivity contribution in [2.45, 2.75) is 43.5 Å². The van der Waals surface area contributed by atoms with Crippen LogP contribution < -0.4 is 10.4 Å². The molecule has 23 heavy (non-hydrogen) atoms. The van der Waals surface area contributed by atoms with Crippen LogP contribution in [0.25, 0.3) is 11.0 Å². The quantitative estimate of drug-likeness (QED) is 0.927. The number of aromatic nitrogens is 2. The van der Waals surface area contributed by atoms with Gasteiger partial charge in [0, 0.05) is 20.1 Å². The molecule has 0 saturated heterocycles. The Hall–Kier alpha value is -1.60. The van der Waals surface area contributed by atoms with Gasteiger partial charge in [0.1, 0.15) is 0 Å². The lowest BCUT2D eigenvalue weighted by Gasteiger charge is -2.26. The van der Waals surface area contributed by atoms with E-state index in [1.165, 1.54) is 9.13 Å². The van der Waals surface area contributed by atoms with Gasteiger partial charge in [0.05, 0.1) is 15.9 Å². The Balaban J connectivity index is 1.92. The number of nitrogens with one attached hydrogen (secondary N) is 1. The van der Waals surface area contributed by atoms with Gasteiger partial charge in [-0.2, -0.15) is 0 Å². The molecule has 0 bridgehead atoms. The predicted molar refractivity (Wildman–Crippen MR) is 89.9 cm³/mol. The Labute approximate surface area is 136 Å². The zero-order chi connectivity index (χ0) is 16.8. The molecule has 1 saturated carbocycles. The van der Waals surface area contributed by atoms with Crippen molar-refractivity contribution in [1.82, 2.24) is 13.9 Å². The normalized spacial score (nSPS) is 22.6. The molecular formula is C16H23N3O3S. The third-order valence-corrected chi connectivity index (χ3v) is 6.41. The van der Waals surface area contributed by atoms with E-state index in [0.29, 0.717) is 11.4 Å². The number of imidazole rings is 1. The molecule has 3 rings (SSSR count). The van der Waals surface area contributed by atoms with E-state index < -0.39 is 10.0 Å². The van der Waals surface area contributed by atoms with Gasteiger partial charge in [-0.3, -0.25) is 9.13 Å². The molecule has 0 amide bonds. The van der Waals surface area contributed by atoms with Crippen molar-refractivity contribution in [1.29, 1.82) is 0 Å². The number of hydrogen-bond donors (Lipinski definition) is 1. The van der Waals surface area contributed by atoms with Crippen LogP contribution in [0.1, 0.15) is 32.6 Å². The first-order valence-corrected chi connectivity index (χ1v) is 9.45. The largest absolute Gasteiger partial charge is 0.328 e. The molecule has 1 heterocycles. The van der Waals surface area contributed by atoms with Crippen LogP contribution in [0.4, 0.5) is 0 Å². The first-order chi connectivity index (χ1) is 10.8. The lowest BCUT2D eigenvalue weighted by molar-refractivity contribution is 0.332. The zero-order valence-electron chi connectivity index (χ0n) is 13.7. The van der Waals surface area contributed by atoms with E-state index in [1.807, 2.05) is 0 Å². The summed E-state index contributed by atoms with van der Waals surface area (Å²) in [6.07, 6.45) is 3.87. The molecule has 0 radical (unpaired) electrons. The van der Waals surface area contributed by atoms with Gasteiger partial charge in [0.25, 0.3) is 0 Å². The zero-order valence-corrected chi connectivity index (χ0v) is 14.6. The highest BCUT2D eigenvalue weighted by Gasteiger charge is 2.24. The number of nitrogens with zero attached hydrogens (tertiary/aromatic N) is 2. The van der Waals surface area contributed by atoms with Crippen molar-refractivity contribution in [3.05, 3.63) is 28.7 Å². The number of benzene rings is 1. The summed E-state index contributed by atoms with van der Waals surface area (Å²) in [4.78, 5) is 12.2. The van der Waals surface area contributed by atoms with E-state index in [-0.39, 0.29) is 16.6 Å². The summed E-state index contributed by atoms with van der Waals surface area (Å²) in [6, 6.07) is 4.83. The minimum absolute atomic E-state index is 0.00601. The van der Waals surface area contributed by atoms with Crippen LogP contribution in [0.5, 0.6) is 0 Å². The minimum atomic E-state index is -3.56. The first-order valence-electron chi connectivity index (χ1n) is 7.97. The Morgan fingerprint density at radius 1 is 1.04 bits per heavy atom. The summed E-state index contributed by atoms with van der Waals surface area (Å²) in [5, 5.41) is 0. The molecule has 1 aliphatic rings. The smallest absolute Gasteiger partial charge is 0.295 e. The second-order valence-electron chi connectivity index (χ2n) is 6.63. The fraction of sp³-hybridized carbons (Fsp3) is 0.562. The summed E-state index contributed by atoms with van der Waals surface area (Å²) >= 11 is 0. The molecule has 2 aromatic rings. The maximum Gasteiger partial charge on any atom is 0.328 e. The van der Waals surface area contributed by atoms with E-state index in [1.54, 1.807) is 32.3 Å². The molecule has 7 heteroatoms. The first kappa shape index (κ1) is 16.3. The fourth-order valence-electron chi connectivity index (χ4n) is 3.32. The van der Waals surface area contributed by atoms with Gasteiger partial charge < -0.3 is 0 Å². The van der Waals surface area contributed by atoms with E-state index in [4.69, 9.17) is 0 Å². The molecule has 0 atom stereocenters. The highest BCUT2D eigenvalue weighted by molar-refractivity contribution is 7.89. The van der Waals surface area contributed by atoms with Crippen LogP contribution in [0, 0.1) is 5.92 Å². The number of rotatable bonds is 3. The van der Waals surface area contributed by atoms with Crippen molar-refractivity contribution in [3.8, 4) is 0 Å². The van der Waals surface area contributed by atoms with Gasteiger partial charge in [-0.25, -0.2) is 17.9 Å². The molecule has 1 aromatic heterocycles. The number of aryl methyl sites for hydroxylation is 2. The molecule has 0 spiro atoms. The molecule has 1 fully saturated rings. The molecule has 1 N–H and O–H groups in total. The van der Waals surface area contributed by atoms with E-state index >= 15 is 0 Å². The predicted octanol–water partition coefficient (Wildman–Crippen LogP) is 1.73. The molecular weight excluding hydrogens is 314 g/mol. The van der Waals surface area contributed by atoms with E-state index in [9.17, 15) is 13.2 Å². The SMILES string of the molecule is CC1CCC(NS(=O)(=O)c2ccc3c(c2)n(C)c(=O)n3C)CC1. The van der Waals surface area contributed by atoms with Crippen LogP contribution >= 0.6 is 0 Å². The summed E-state index contributed by atoms with van der Waals surface area (Å²) in [5.74, 6) is 0.672. The number of hydrogen-bond acceptors (Lipinski definition) is 3. The molecule has 6 nitrogen and oxygen atoms in total. The van der Waals surface area contributed by atoms with Crippen LogP contribution in [0.2, 0.25) is 0 Å². The van der Waals surface area contributed by atoms with Crippen molar-refractivity contribution in [3.63, 3.8) is 0 Å². The van der Waals surface area contributed by atoms with Crippen molar-refractivity contribution in [2.24, 2.45) is 20.0 Å². The summed E-state index contributed by atoms with van der Waals surface area (Å²) in [5.41, 5.74) is 1.18. The van der Waals surface area contributed by atoms with Gasteiger partial charge in [-0.1, -0.05) is 6.92 Å². The van der Waals surface area contributed by atoms with Crippen LogP contribution in [0.3, 0.4) is 0 Å². The summed E-state index contributed by atoms with van der Waals surface area (Å²) in [6.45, 7) is 2.20. The maximum absolute atomic E-state index is 12.6. The fourth-order valence-corrected chi connectivity index (χ4v) is 4.64. The average molecular weight is 337 g/mol. The van der Waals surface area contributed by atoms with Crippen LogP contribution in [-0.2, 0) is 24.1 Å². The Morgan fingerprint density at radius 3 is 2.30 bits per heavy atom. The molecule has 0 aliphatic heterocycles. The van der Waals surface area contributed by atoms with Gasteiger partial charge in [-0.05, 0) is 49.8 Å². The Kier molecular flexibility index (Phi) is 4.10. The second kappa shape index (κ2) is 5.79. The Morgan fingerprint density at radius 2 is 1.65 bits per heavy atom. The number of sulfonamides is 1. The highest BCUT2D eigenvalue weighted by atomic mass is 32.2. The molecule has 1 aliphatic carbocycles. The van der Waals surface area contributed by atoms with Gasteiger partial charge in [0.15, 0.2) is 0 Å². The second-order valence-corrected chi connectivity index (χ2v) is 8.34. The van der Waals surface area contributed by atoms with Crippen LogP contribution in [0.15, 0.2) is 27.9 Å². The highest BCUT2D eigenvalue weighted by Crippen LogP contribution is 2.25. The Bertz CT molecular complexity index is 887. The monoisotopic (exact) mass is 337 g/mol. The summed E-state index contributed by atoms with van der Waals surface area (Å²) < 4.78 is 31.0. The van der Waals surface area contributed by atoms with E-state index in [0.717, 1.165) is 31.2 Å². The molecule has 126 valence electrons. The van der Waals surface area contributed by atoms with Crippen molar-refractivity contribution < 1.29 is 8.42 Å². The van der Waals surface area contributed by atoms with E-state index in [2.05, 4.69) is 11.6 Å². The van der Waals surface area contributed by atoms with Crippen molar-refractivity contribution in [2.75, 3.05) is 0 Å². The van der Waals surface area contributed by atoms with Gasteiger partial charge in [0.2, 0.25) is 10.0 Å². The standard InChI is InChI=1S/C16H23N3O3S/c1-11-4-6-12(7-5-11)17-23(21,22)13-8-9-14-15(10-13)19(3)16(20)18(14)2/h8-12,17H,4-7H2,1-3H3. The third-order valence-electron chi connectivity index (χ3n) is 4.89. The van der Waals surface area contributed by atoms with Crippen LogP contribution in [-0.4, -0.2) is 23.6 Å².